The average molecular weight is 589 g/mol. The zero-order chi connectivity index (χ0) is 30.8. The van der Waals surface area contributed by atoms with Gasteiger partial charge in [-0.2, -0.15) is 0 Å². The fourth-order valence-electron chi connectivity index (χ4n) is 5.11. The smallest absolute Gasteiger partial charge is 0.414 e. The van der Waals surface area contributed by atoms with Gasteiger partial charge in [-0.25, -0.2) is 9.78 Å². The lowest BCUT2D eigenvalue weighted by molar-refractivity contribution is -0.142. The Kier molecular flexibility index (Phi) is 8.18. The molecule has 43 heavy (non-hydrogen) atoms. The second kappa shape index (κ2) is 11.8. The van der Waals surface area contributed by atoms with Gasteiger partial charge in [-0.15, -0.1) is 0 Å². The van der Waals surface area contributed by atoms with E-state index in [4.69, 9.17) is 24.1 Å². The van der Waals surface area contributed by atoms with E-state index in [1.165, 1.54) is 4.90 Å². The maximum atomic E-state index is 13.4. The molecule has 2 atom stereocenters. The molecule has 1 saturated heterocycles. The summed E-state index contributed by atoms with van der Waals surface area (Å²) in [5, 5.41) is 22.2. The Morgan fingerprint density at radius 1 is 1.12 bits per heavy atom. The minimum atomic E-state index is -1.70. The van der Waals surface area contributed by atoms with Crippen LogP contribution in [0.25, 0.3) is 11.0 Å². The molecule has 6 rings (SSSR count). The number of carbonyl (C=O) groups is 3. The first-order valence-corrected chi connectivity index (χ1v) is 13.6. The molecule has 1 aromatic heterocycles. The van der Waals surface area contributed by atoms with Gasteiger partial charge in [-0.3, -0.25) is 19.8 Å². The Balaban J connectivity index is 0.000000868. The Morgan fingerprint density at radius 2 is 1.81 bits per heavy atom. The molecular formula is C31H32N4O8. The number of rotatable bonds is 6. The Morgan fingerprint density at radius 3 is 2.51 bits per heavy atom. The topological polar surface area (TPSA) is 163 Å². The molecule has 4 N–H and O–H groups in total. The van der Waals surface area contributed by atoms with Crippen molar-refractivity contribution >= 4 is 35.0 Å². The van der Waals surface area contributed by atoms with E-state index in [0.29, 0.717) is 34.3 Å². The number of hydrogen-bond donors (Lipinski definition) is 4. The van der Waals surface area contributed by atoms with Gasteiger partial charge in [-0.05, 0) is 37.6 Å². The molecule has 1 fully saturated rings. The summed E-state index contributed by atoms with van der Waals surface area (Å²) in [6, 6.07) is 21.8. The van der Waals surface area contributed by atoms with E-state index in [0.717, 1.165) is 12.5 Å². The van der Waals surface area contributed by atoms with E-state index < -0.39 is 23.6 Å². The fourth-order valence-corrected chi connectivity index (χ4v) is 5.11. The number of carboxylic acid groups (broad SMARTS) is 1. The van der Waals surface area contributed by atoms with Crippen LogP contribution in [0.15, 0.2) is 72.8 Å². The highest BCUT2D eigenvalue weighted by Crippen LogP contribution is 2.43. The minimum absolute atomic E-state index is 0.0390. The number of anilines is 1. The highest BCUT2D eigenvalue weighted by atomic mass is 16.7. The van der Waals surface area contributed by atoms with Crippen molar-refractivity contribution in [3.05, 3.63) is 95.1 Å². The van der Waals surface area contributed by atoms with Crippen LogP contribution in [-0.2, 0) is 31.3 Å². The molecule has 0 saturated carbocycles. The molecule has 1 unspecified atom stereocenters. The van der Waals surface area contributed by atoms with E-state index in [2.05, 4.69) is 15.3 Å². The van der Waals surface area contributed by atoms with E-state index in [1.54, 1.807) is 56.3 Å². The Hall–Kier alpha value is -4.78. The number of nitrogens with zero attached hydrogens (tertiary/aromatic N) is 2. The molecule has 2 amide bonds. The van der Waals surface area contributed by atoms with Crippen molar-refractivity contribution < 1.29 is 38.8 Å². The molecular weight excluding hydrogens is 556 g/mol. The molecule has 0 spiro atoms. The number of nitrogens with one attached hydrogen (secondary N) is 2. The van der Waals surface area contributed by atoms with Crippen molar-refractivity contribution in [2.24, 2.45) is 0 Å². The summed E-state index contributed by atoms with van der Waals surface area (Å²) in [7, 11) is 0. The van der Waals surface area contributed by atoms with Crippen molar-refractivity contribution in [1.82, 2.24) is 14.9 Å². The number of aromatic nitrogens is 2. The largest absolute Gasteiger partial charge is 0.481 e. The molecule has 0 bridgehead atoms. The number of aromatic amines is 1. The Labute approximate surface area is 247 Å². The average Bonchev–Trinajstić information content (AvgIpc) is 3.60. The molecule has 224 valence electrons. The van der Waals surface area contributed by atoms with E-state index in [-0.39, 0.29) is 31.1 Å². The number of carbonyl (C=O) groups excluding carboxylic acids is 2. The summed E-state index contributed by atoms with van der Waals surface area (Å²) in [5.41, 5.74) is 1.78. The lowest BCUT2D eigenvalue weighted by Crippen LogP contribution is -2.44. The summed E-state index contributed by atoms with van der Waals surface area (Å²) in [6.45, 7) is 5.28. The second-order valence-corrected chi connectivity index (χ2v) is 10.6. The normalized spacial score (nSPS) is 20.3. The van der Waals surface area contributed by atoms with Crippen LogP contribution in [0, 0.1) is 0 Å². The maximum Gasteiger partial charge on any atom is 0.414 e. The van der Waals surface area contributed by atoms with Crippen molar-refractivity contribution in [2.45, 2.75) is 44.9 Å². The van der Waals surface area contributed by atoms with Gasteiger partial charge in [0, 0.05) is 30.2 Å². The first kappa shape index (κ1) is 29.7. The highest BCUT2D eigenvalue weighted by Gasteiger charge is 2.49. The van der Waals surface area contributed by atoms with Gasteiger partial charge in [0.05, 0.1) is 17.6 Å². The van der Waals surface area contributed by atoms with E-state index in [9.17, 15) is 14.7 Å². The van der Waals surface area contributed by atoms with Crippen LogP contribution in [0.2, 0.25) is 0 Å². The SMILES string of the molecule is CC(=O)O.CC1(C)OC[C@@H](COC(=O)Nc2nc3ccc(C4(O)c5ccccc5C(=O)N4Cc4ccccc4)cc3[nH]2)O1. The van der Waals surface area contributed by atoms with Crippen LogP contribution >= 0.6 is 0 Å². The molecule has 0 aliphatic carbocycles. The number of ether oxygens (including phenoxy) is 3. The van der Waals surface area contributed by atoms with Gasteiger partial charge < -0.3 is 29.4 Å². The zero-order valence-corrected chi connectivity index (χ0v) is 23.9. The van der Waals surface area contributed by atoms with Crippen LogP contribution < -0.4 is 5.32 Å². The molecule has 4 aromatic rings. The summed E-state index contributed by atoms with van der Waals surface area (Å²) in [4.78, 5) is 43.7. The fraction of sp³-hybridized carbons (Fsp3) is 0.290. The third kappa shape index (κ3) is 6.36. The lowest BCUT2D eigenvalue weighted by atomic mass is 9.93. The predicted octanol–water partition coefficient (Wildman–Crippen LogP) is 4.20. The number of amides is 2. The standard InChI is InChI=1S/C29H28N4O6.C2H4O2/c1-28(2)38-17-20(39-28)16-37-27(35)32-26-30-23-13-12-19(14-24(23)31-26)29(36)22-11-7-6-10-21(22)25(34)33(29)15-18-8-4-3-5-9-18;1-2(3)4/h3-14,20,36H,15-17H2,1-2H3,(H2,30,31,32,35);1H3,(H,3,4)/t20-,29?;/m1./s1. The monoisotopic (exact) mass is 588 g/mol. The van der Waals surface area contributed by atoms with Crippen molar-refractivity contribution in [2.75, 3.05) is 18.5 Å². The molecule has 3 heterocycles. The van der Waals surface area contributed by atoms with Crippen molar-refractivity contribution in [3.63, 3.8) is 0 Å². The highest BCUT2D eigenvalue weighted by molar-refractivity contribution is 6.00. The predicted molar refractivity (Wildman–Crippen MR) is 155 cm³/mol. The van der Waals surface area contributed by atoms with Crippen LogP contribution in [0.4, 0.5) is 10.7 Å². The summed E-state index contributed by atoms with van der Waals surface area (Å²) >= 11 is 0. The summed E-state index contributed by atoms with van der Waals surface area (Å²) < 4.78 is 16.4. The molecule has 0 radical (unpaired) electrons. The minimum Gasteiger partial charge on any atom is -0.481 e. The number of aliphatic carboxylic acids is 1. The van der Waals surface area contributed by atoms with Crippen LogP contribution in [0.1, 0.15) is 47.8 Å². The number of fused-ring (bicyclic) bond motifs is 2. The lowest BCUT2D eigenvalue weighted by Gasteiger charge is -2.35. The maximum absolute atomic E-state index is 13.4. The zero-order valence-electron chi connectivity index (χ0n) is 23.9. The number of carboxylic acids is 1. The third-order valence-corrected chi connectivity index (χ3v) is 6.92. The first-order valence-electron chi connectivity index (χ1n) is 13.6. The molecule has 2 aliphatic heterocycles. The third-order valence-electron chi connectivity index (χ3n) is 6.92. The van der Waals surface area contributed by atoms with Gasteiger partial charge in [0.25, 0.3) is 11.9 Å². The van der Waals surface area contributed by atoms with Gasteiger partial charge in [0.2, 0.25) is 5.95 Å². The van der Waals surface area contributed by atoms with Gasteiger partial charge >= 0.3 is 6.09 Å². The quantitative estimate of drug-likeness (QED) is 0.258. The number of H-pyrrole nitrogens is 1. The first-order chi connectivity index (χ1) is 20.5. The summed E-state index contributed by atoms with van der Waals surface area (Å²) in [5.74, 6) is -1.61. The number of hydrogen-bond acceptors (Lipinski definition) is 8. The van der Waals surface area contributed by atoms with Crippen molar-refractivity contribution in [3.8, 4) is 0 Å². The van der Waals surface area contributed by atoms with Gasteiger partial charge in [0.15, 0.2) is 11.5 Å². The molecule has 12 nitrogen and oxygen atoms in total. The number of imidazole rings is 1. The number of aliphatic hydroxyl groups is 1. The molecule has 12 heteroatoms. The summed E-state index contributed by atoms with van der Waals surface area (Å²) in [6.07, 6.45) is -1.04. The van der Waals surface area contributed by atoms with Crippen LogP contribution in [0.3, 0.4) is 0 Å². The van der Waals surface area contributed by atoms with Crippen LogP contribution in [0.5, 0.6) is 0 Å². The molecule has 3 aromatic carbocycles. The van der Waals surface area contributed by atoms with E-state index >= 15 is 0 Å². The molecule has 2 aliphatic rings. The van der Waals surface area contributed by atoms with Gasteiger partial charge in [-0.1, -0.05) is 54.6 Å². The number of benzene rings is 3. The Bertz CT molecular complexity index is 1650. The van der Waals surface area contributed by atoms with Crippen molar-refractivity contribution in [1.29, 1.82) is 0 Å². The second-order valence-electron chi connectivity index (χ2n) is 10.6. The van der Waals surface area contributed by atoms with Gasteiger partial charge in [0.1, 0.15) is 12.7 Å². The van der Waals surface area contributed by atoms with Crippen LogP contribution in [-0.4, -0.2) is 68.2 Å². The van der Waals surface area contributed by atoms with E-state index in [1.807, 2.05) is 30.3 Å².